The molecule has 0 unspecified atom stereocenters. The van der Waals surface area contributed by atoms with Crippen molar-refractivity contribution in [2.45, 2.75) is 0 Å². The fourth-order valence-corrected chi connectivity index (χ4v) is 6.93. The maximum atomic E-state index is 14.6. The molecular formula is C44H26Cl2N2O4. The average molecular weight is 718 g/mol. The lowest BCUT2D eigenvalue weighted by atomic mass is 9.91. The van der Waals surface area contributed by atoms with Crippen molar-refractivity contribution < 1.29 is 19.4 Å². The number of rotatable bonds is 7. The van der Waals surface area contributed by atoms with Gasteiger partial charge in [-0.05, 0) is 53.6 Å². The van der Waals surface area contributed by atoms with Gasteiger partial charge in [-0.15, -0.1) is 0 Å². The van der Waals surface area contributed by atoms with E-state index in [4.69, 9.17) is 37.9 Å². The second-order valence-corrected chi connectivity index (χ2v) is 12.9. The molecule has 0 bridgehead atoms. The molecular weight excluding hydrogens is 691 g/mol. The minimum atomic E-state index is -1.11. The summed E-state index contributed by atoms with van der Waals surface area (Å²) >= 11 is 12.8. The predicted octanol–water partition coefficient (Wildman–Crippen LogP) is 11.7. The van der Waals surface area contributed by atoms with Crippen LogP contribution in [-0.4, -0.2) is 27.0 Å². The number of halogens is 2. The summed E-state index contributed by atoms with van der Waals surface area (Å²) in [6.07, 6.45) is 0. The van der Waals surface area contributed by atoms with Crippen molar-refractivity contribution in [1.29, 1.82) is 0 Å². The highest BCUT2D eigenvalue weighted by atomic mass is 35.5. The van der Waals surface area contributed by atoms with E-state index < -0.39 is 11.9 Å². The van der Waals surface area contributed by atoms with Crippen molar-refractivity contribution in [2.75, 3.05) is 0 Å². The first-order chi connectivity index (χ1) is 25.4. The summed E-state index contributed by atoms with van der Waals surface area (Å²) in [6.45, 7) is 0. The molecule has 0 fully saturated rings. The van der Waals surface area contributed by atoms with Crippen LogP contribution in [0.25, 0.3) is 66.6 Å². The van der Waals surface area contributed by atoms with Crippen LogP contribution in [0.3, 0.4) is 0 Å². The molecule has 1 N–H and O–H groups in total. The first-order valence-electron chi connectivity index (χ1n) is 16.3. The van der Waals surface area contributed by atoms with Crippen LogP contribution in [-0.2, 0) is 0 Å². The number of carboxylic acid groups (broad SMARTS) is 1. The zero-order valence-electron chi connectivity index (χ0n) is 27.3. The number of para-hydroxylation sites is 1. The zero-order chi connectivity index (χ0) is 35.8. The number of fused-ring (bicyclic) bond motifs is 2. The zero-order valence-corrected chi connectivity index (χ0v) is 28.8. The lowest BCUT2D eigenvalue weighted by molar-refractivity contribution is 0.0697. The van der Waals surface area contributed by atoms with Gasteiger partial charge in [0.15, 0.2) is 0 Å². The number of nitrogens with zero attached hydrogens (tertiary/aromatic N) is 2. The van der Waals surface area contributed by atoms with E-state index in [0.29, 0.717) is 71.1 Å². The van der Waals surface area contributed by atoms with Gasteiger partial charge in [0.25, 0.3) is 0 Å². The monoisotopic (exact) mass is 716 g/mol. The van der Waals surface area contributed by atoms with Crippen LogP contribution in [0.4, 0.5) is 0 Å². The van der Waals surface area contributed by atoms with Crippen molar-refractivity contribution >= 4 is 56.9 Å². The molecule has 8 aromatic rings. The van der Waals surface area contributed by atoms with E-state index in [2.05, 4.69) is 0 Å². The minimum Gasteiger partial charge on any atom is -0.478 e. The van der Waals surface area contributed by atoms with Crippen molar-refractivity contribution in [1.82, 2.24) is 9.97 Å². The second-order valence-electron chi connectivity index (χ2n) is 12.1. The Hall–Kier alpha value is -6.34. The topological polar surface area (TPSA) is 89.4 Å². The number of esters is 1. The molecule has 2 aromatic heterocycles. The fraction of sp³-hybridized carbons (Fsp3) is 0. The van der Waals surface area contributed by atoms with Gasteiger partial charge in [-0.3, -0.25) is 0 Å². The largest absolute Gasteiger partial charge is 0.478 e. The Morgan fingerprint density at radius 1 is 0.500 bits per heavy atom. The Morgan fingerprint density at radius 3 is 1.83 bits per heavy atom. The molecule has 52 heavy (non-hydrogen) atoms. The molecule has 0 saturated heterocycles. The van der Waals surface area contributed by atoms with Crippen LogP contribution in [0.2, 0.25) is 10.0 Å². The van der Waals surface area contributed by atoms with E-state index in [9.17, 15) is 14.7 Å². The van der Waals surface area contributed by atoms with E-state index in [1.807, 2.05) is 66.7 Å². The number of carboxylic acids is 1. The number of aromatic nitrogens is 2. The number of pyridine rings is 2. The molecule has 6 aromatic carbocycles. The van der Waals surface area contributed by atoms with Gasteiger partial charge in [-0.2, -0.15) is 0 Å². The number of ether oxygens (including phenoxy) is 1. The third-order valence-corrected chi connectivity index (χ3v) is 9.27. The van der Waals surface area contributed by atoms with Gasteiger partial charge in [-0.25, -0.2) is 19.6 Å². The number of benzene rings is 6. The molecule has 0 aliphatic rings. The van der Waals surface area contributed by atoms with Crippen LogP contribution in [0.1, 0.15) is 20.7 Å². The molecule has 8 rings (SSSR count). The molecule has 250 valence electrons. The average Bonchev–Trinajstić information content (AvgIpc) is 3.17. The number of carbonyl (C=O) groups excluding carboxylic acids is 1. The highest BCUT2D eigenvalue weighted by Gasteiger charge is 2.26. The van der Waals surface area contributed by atoms with Gasteiger partial charge in [-0.1, -0.05) is 132 Å². The molecule has 8 heteroatoms. The lowest BCUT2D eigenvalue weighted by Crippen LogP contribution is -2.13. The van der Waals surface area contributed by atoms with Crippen LogP contribution in [0, 0.1) is 0 Å². The second kappa shape index (κ2) is 13.8. The van der Waals surface area contributed by atoms with Gasteiger partial charge < -0.3 is 9.84 Å². The van der Waals surface area contributed by atoms with E-state index in [1.54, 1.807) is 84.9 Å². The molecule has 0 spiro atoms. The fourth-order valence-electron chi connectivity index (χ4n) is 6.57. The van der Waals surface area contributed by atoms with E-state index in [1.165, 1.54) is 0 Å². The number of aromatic carboxylic acids is 1. The maximum Gasteiger partial charge on any atom is 0.344 e. The molecule has 0 radical (unpaired) electrons. The summed E-state index contributed by atoms with van der Waals surface area (Å²) in [5, 5.41) is 12.6. The molecule has 0 atom stereocenters. The van der Waals surface area contributed by atoms with E-state index >= 15 is 0 Å². The van der Waals surface area contributed by atoms with E-state index in [0.717, 1.165) is 11.1 Å². The van der Waals surface area contributed by atoms with Crippen LogP contribution < -0.4 is 4.74 Å². The first-order valence-corrected chi connectivity index (χ1v) is 17.1. The van der Waals surface area contributed by atoms with Gasteiger partial charge in [0.1, 0.15) is 5.75 Å². The quantitative estimate of drug-likeness (QED) is 0.130. The summed E-state index contributed by atoms with van der Waals surface area (Å²) in [5.74, 6) is -1.47. The molecule has 0 aliphatic heterocycles. The van der Waals surface area contributed by atoms with Crippen molar-refractivity contribution in [3.05, 3.63) is 173 Å². The summed E-state index contributed by atoms with van der Waals surface area (Å²) in [5.41, 5.74) is 6.24. The Bertz CT molecular complexity index is 2680. The molecule has 0 saturated carbocycles. The van der Waals surface area contributed by atoms with Crippen LogP contribution in [0.15, 0.2) is 152 Å². The first kappa shape index (κ1) is 32.8. The van der Waals surface area contributed by atoms with E-state index in [-0.39, 0.29) is 11.3 Å². The highest BCUT2D eigenvalue weighted by molar-refractivity contribution is 6.31. The van der Waals surface area contributed by atoms with Crippen molar-refractivity contribution in [3.63, 3.8) is 0 Å². The van der Waals surface area contributed by atoms with Gasteiger partial charge in [0, 0.05) is 43.1 Å². The predicted molar refractivity (Wildman–Crippen MR) is 207 cm³/mol. The molecule has 6 nitrogen and oxygen atoms in total. The van der Waals surface area contributed by atoms with Crippen molar-refractivity contribution in [2.24, 2.45) is 0 Å². The van der Waals surface area contributed by atoms with Crippen molar-refractivity contribution in [3.8, 4) is 50.5 Å². The normalized spacial score (nSPS) is 11.1. The molecule has 0 aliphatic carbocycles. The smallest absolute Gasteiger partial charge is 0.344 e. The van der Waals surface area contributed by atoms with Gasteiger partial charge in [0.2, 0.25) is 0 Å². The molecule has 0 amide bonds. The third-order valence-electron chi connectivity index (χ3n) is 8.80. The third kappa shape index (κ3) is 6.15. The number of hydrogen-bond acceptors (Lipinski definition) is 5. The standard InChI is InChI=1S/C44H26Cl2N2O4/c45-30-17-9-15-28(23-30)38-39(43(49)50)33-19-7-8-20-35(33)47-42(38)29-16-10-18-32(24-29)52-44(51)40-34-22-21-31(46)25-36(34)48-41(27-13-5-2-6-14-27)37(40)26-11-3-1-4-12-26/h1-25H,(H,49,50). The number of carbonyl (C=O) groups is 2. The van der Waals surface area contributed by atoms with Crippen LogP contribution >= 0.6 is 23.2 Å². The Kier molecular flexibility index (Phi) is 8.69. The Labute approximate surface area is 308 Å². The van der Waals surface area contributed by atoms with Gasteiger partial charge in [0.05, 0.1) is 33.5 Å². The molecule has 2 heterocycles. The Morgan fingerprint density at radius 2 is 1.08 bits per heavy atom. The SMILES string of the molecule is O=C(O)c1c(-c2cccc(Cl)c2)c(-c2cccc(OC(=O)c3c(-c4ccccc4)c(-c4ccccc4)nc4cc(Cl)ccc34)c2)nc2ccccc12. The summed E-state index contributed by atoms with van der Waals surface area (Å²) in [4.78, 5) is 37.5. The Balaban J connectivity index is 1.31. The van der Waals surface area contributed by atoms with Gasteiger partial charge >= 0.3 is 11.9 Å². The highest BCUT2D eigenvalue weighted by Crippen LogP contribution is 2.41. The minimum absolute atomic E-state index is 0.0909. The summed E-state index contributed by atoms with van der Waals surface area (Å²) < 4.78 is 6.22. The lowest BCUT2D eigenvalue weighted by Gasteiger charge is -2.18. The maximum absolute atomic E-state index is 14.6. The summed E-state index contributed by atoms with van der Waals surface area (Å²) in [6, 6.07) is 45.5. The van der Waals surface area contributed by atoms with Crippen LogP contribution in [0.5, 0.6) is 5.75 Å². The number of hydrogen-bond donors (Lipinski definition) is 1. The summed E-state index contributed by atoms with van der Waals surface area (Å²) in [7, 11) is 0.